The second kappa shape index (κ2) is 4.01. The van der Waals surface area contributed by atoms with Crippen LogP contribution >= 0.6 is 15.9 Å². The molecular formula is C12H12BrN. The van der Waals surface area contributed by atoms with Gasteiger partial charge in [0.25, 0.3) is 0 Å². The van der Waals surface area contributed by atoms with Crippen LogP contribution in [0, 0.1) is 0 Å². The Labute approximate surface area is 92.2 Å². The minimum absolute atomic E-state index is 1.00. The first-order chi connectivity index (χ1) is 6.83. The van der Waals surface area contributed by atoms with Gasteiger partial charge in [0.15, 0.2) is 0 Å². The Morgan fingerprint density at radius 2 is 2.21 bits per heavy atom. The molecule has 0 fully saturated rings. The van der Waals surface area contributed by atoms with E-state index in [1.807, 2.05) is 6.08 Å². The van der Waals surface area contributed by atoms with E-state index in [1.165, 1.54) is 10.9 Å². The minimum Gasteiger partial charge on any atom is -0.347 e. The van der Waals surface area contributed by atoms with E-state index >= 15 is 0 Å². The lowest BCUT2D eigenvalue weighted by atomic mass is 10.2. The van der Waals surface area contributed by atoms with Gasteiger partial charge in [-0.25, -0.2) is 0 Å². The van der Waals surface area contributed by atoms with Crippen LogP contribution < -0.4 is 0 Å². The van der Waals surface area contributed by atoms with E-state index < -0.39 is 0 Å². The molecule has 0 atom stereocenters. The standard InChI is InChI=1S/C12H12BrN/c1-2-3-8-14-9-7-10-11(13)5-4-6-12(10)14/h2,4-7,9H,1,3,8H2. The van der Waals surface area contributed by atoms with Crippen molar-refractivity contribution >= 4 is 26.8 Å². The third-order valence-corrected chi connectivity index (χ3v) is 3.03. The Kier molecular flexibility index (Phi) is 2.73. The van der Waals surface area contributed by atoms with Gasteiger partial charge in [-0.05, 0) is 24.6 Å². The molecule has 0 saturated carbocycles. The zero-order chi connectivity index (χ0) is 9.97. The molecule has 2 aromatic rings. The highest BCUT2D eigenvalue weighted by Gasteiger charge is 2.01. The van der Waals surface area contributed by atoms with E-state index in [4.69, 9.17) is 0 Å². The largest absolute Gasteiger partial charge is 0.347 e. The number of nitrogens with zero attached hydrogens (tertiary/aromatic N) is 1. The summed E-state index contributed by atoms with van der Waals surface area (Å²) in [5, 5.41) is 1.27. The van der Waals surface area contributed by atoms with E-state index in [0.717, 1.165) is 17.4 Å². The molecule has 1 heterocycles. The maximum Gasteiger partial charge on any atom is 0.0491 e. The average molecular weight is 250 g/mol. The van der Waals surface area contributed by atoms with Gasteiger partial charge in [0.05, 0.1) is 0 Å². The van der Waals surface area contributed by atoms with Crippen molar-refractivity contribution in [2.75, 3.05) is 0 Å². The summed E-state index contributed by atoms with van der Waals surface area (Å²) in [6.07, 6.45) is 5.08. The SMILES string of the molecule is C=CCCn1ccc2c(Br)cccc21. The molecule has 0 aliphatic rings. The maximum absolute atomic E-state index is 3.74. The highest BCUT2D eigenvalue weighted by molar-refractivity contribution is 9.10. The molecule has 0 amide bonds. The van der Waals surface area contributed by atoms with Gasteiger partial charge in [0, 0.05) is 28.1 Å². The molecule has 1 aromatic carbocycles. The fourth-order valence-corrected chi connectivity index (χ4v) is 2.10. The molecule has 0 spiro atoms. The number of aromatic nitrogens is 1. The lowest BCUT2D eigenvalue weighted by molar-refractivity contribution is 0.739. The predicted molar refractivity (Wildman–Crippen MR) is 64.5 cm³/mol. The van der Waals surface area contributed by atoms with Crippen molar-refractivity contribution in [3.8, 4) is 0 Å². The summed E-state index contributed by atoms with van der Waals surface area (Å²) in [7, 11) is 0. The van der Waals surface area contributed by atoms with Crippen LogP contribution in [0.25, 0.3) is 10.9 Å². The number of benzene rings is 1. The third-order valence-electron chi connectivity index (χ3n) is 2.33. The quantitative estimate of drug-likeness (QED) is 0.726. The number of halogens is 1. The maximum atomic E-state index is 3.74. The van der Waals surface area contributed by atoms with Crippen molar-refractivity contribution in [2.24, 2.45) is 0 Å². The van der Waals surface area contributed by atoms with Crippen molar-refractivity contribution in [3.05, 3.63) is 47.6 Å². The van der Waals surface area contributed by atoms with Crippen molar-refractivity contribution in [1.82, 2.24) is 4.57 Å². The van der Waals surface area contributed by atoms with E-state index in [0.29, 0.717) is 0 Å². The molecule has 14 heavy (non-hydrogen) atoms. The van der Waals surface area contributed by atoms with E-state index in [1.54, 1.807) is 0 Å². The molecule has 1 aromatic heterocycles. The lowest BCUT2D eigenvalue weighted by Crippen LogP contribution is -1.93. The highest BCUT2D eigenvalue weighted by atomic mass is 79.9. The van der Waals surface area contributed by atoms with Gasteiger partial charge in [-0.15, -0.1) is 6.58 Å². The zero-order valence-corrected chi connectivity index (χ0v) is 9.50. The van der Waals surface area contributed by atoms with Crippen LogP contribution in [0.5, 0.6) is 0 Å². The van der Waals surface area contributed by atoms with Gasteiger partial charge in [-0.2, -0.15) is 0 Å². The van der Waals surface area contributed by atoms with Gasteiger partial charge < -0.3 is 4.57 Å². The van der Waals surface area contributed by atoms with E-state index in [2.05, 4.69) is 57.5 Å². The molecule has 0 saturated heterocycles. The molecule has 72 valence electrons. The number of fused-ring (bicyclic) bond motifs is 1. The van der Waals surface area contributed by atoms with Gasteiger partial charge in [-0.1, -0.05) is 28.1 Å². The van der Waals surface area contributed by atoms with Gasteiger partial charge in [0.2, 0.25) is 0 Å². The Hall–Kier alpha value is -1.02. The van der Waals surface area contributed by atoms with E-state index in [-0.39, 0.29) is 0 Å². The Morgan fingerprint density at radius 1 is 1.36 bits per heavy atom. The summed E-state index contributed by atoms with van der Waals surface area (Å²) < 4.78 is 3.41. The number of hydrogen-bond donors (Lipinski definition) is 0. The van der Waals surface area contributed by atoms with Crippen LogP contribution in [0.3, 0.4) is 0 Å². The van der Waals surface area contributed by atoms with E-state index in [9.17, 15) is 0 Å². The first-order valence-corrected chi connectivity index (χ1v) is 5.46. The Bertz CT molecular complexity index is 456. The molecule has 0 unspecified atom stereocenters. The summed E-state index contributed by atoms with van der Waals surface area (Å²) >= 11 is 3.54. The molecule has 0 aliphatic heterocycles. The van der Waals surface area contributed by atoms with Crippen LogP contribution in [0.15, 0.2) is 47.6 Å². The minimum atomic E-state index is 1.00. The Morgan fingerprint density at radius 3 is 3.00 bits per heavy atom. The number of allylic oxidation sites excluding steroid dienone is 1. The van der Waals surface area contributed by atoms with Crippen LogP contribution in [-0.2, 0) is 6.54 Å². The molecule has 2 rings (SSSR count). The molecule has 0 radical (unpaired) electrons. The van der Waals surface area contributed by atoms with Crippen molar-refractivity contribution in [1.29, 1.82) is 0 Å². The summed E-state index contributed by atoms with van der Waals surface area (Å²) in [4.78, 5) is 0. The first-order valence-electron chi connectivity index (χ1n) is 4.67. The summed E-state index contributed by atoms with van der Waals surface area (Å²) in [5.74, 6) is 0. The van der Waals surface area contributed by atoms with Gasteiger partial charge in [0.1, 0.15) is 0 Å². The summed E-state index contributed by atoms with van der Waals surface area (Å²) in [5.41, 5.74) is 1.28. The fourth-order valence-electron chi connectivity index (χ4n) is 1.61. The zero-order valence-electron chi connectivity index (χ0n) is 7.91. The van der Waals surface area contributed by atoms with Crippen molar-refractivity contribution in [2.45, 2.75) is 13.0 Å². The van der Waals surface area contributed by atoms with Crippen LogP contribution in [0.1, 0.15) is 6.42 Å². The first kappa shape index (κ1) is 9.53. The Balaban J connectivity index is 2.47. The third kappa shape index (κ3) is 1.62. The number of rotatable bonds is 3. The second-order valence-corrected chi connectivity index (χ2v) is 4.11. The van der Waals surface area contributed by atoms with Crippen LogP contribution in [0.2, 0.25) is 0 Å². The molecule has 1 nitrogen and oxygen atoms in total. The fraction of sp³-hybridized carbons (Fsp3) is 0.167. The summed E-state index contributed by atoms with van der Waals surface area (Å²) in [6.45, 7) is 4.74. The van der Waals surface area contributed by atoms with Crippen LogP contribution in [0.4, 0.5) is 0 Å². The van der Waals surface area contributed by atoms with Crippen molar-refractivity contribution < 1.29 is 0 Å². The normalized spacial score (nSPS) is 10.6. The van der Waals surface area contributed by atoms with Crippen molar-refractivity contribution in [3.63, 3.8) is 0 Å². The average Bonchev–Trinajstić information content (AvgIpc) is 2.60. The predicted octanol–water partition coefficient (Wildman–Crippen LogP) is 3.98. The van der Waals surface area contributed by atoms with Crippen LogP contribution in [-0.4, -0.2) is 4.57 Å². The smallest absolute Gasteiger partial charge is 0.0491 e. The number of hydrogen-bond acceptors (Lipinski definition) is 0. The second-order valence-electron chi connectivity index (χ2n) is 3.26. The summed E-state index contributed by atoms with van der Waals surface area (Å²) in [6, 6.07) is 8.42. The highest BCUT2D eigenvalue weighted by Crippen LogP contribution is 2.24. The monoisotopic (exact) mass is 249 g/mol. The molecular weight excluding hydrogens is 238 g/mol. The molecule has 2 heteroatoms. The molecule has 0 bridgehead atoms. The molecule has 0 aliphatic carbocycles. The topological polar surface area (TPSA) is 4.93 Å². The molecule has 0 N–H and O–H groups in total. The number of aryl methyl sites for hydroxylation is 1. The van der Waals surface area contributed by atoms with Gasteiger partial charge >= 0.3 is 0 Å². The van der Waals surface area contributed by atoms with Gasteiger partial charge in [-0.3, -0.25) is 0 Å². The lowest BCUT2D eigenvalue weighted by Gasteiger charge is -2.02.